The normalized spacial score (nSPS) is 14.1. The van der Waals surface area contributed by atoms with Crippen molar-refractivity contribution in [2.24, 2.45) is 4.99 Å². The van der Waals surface area contributed by atoms with Gasteiger partial charge in [0.05, 0.1) is 12.0 Å². The SMILES string of the molecule is COc1cc(/C=C2\N=C(c3ccc(C)c([N+](=O)[O-])c3)OC2=O)ccc1OCc1ccccc1. The van der Waals surface area contributed by atoms with Crippen molar-refractivity contribution >= 4 is 23.6 Å². The molecule has 1 aliphatic heterocycles. The third-order valence-corrected chi connectivity index (χ3v) is 5.00. The first-order valence-electron chi connectivity index (χ1n) is 10.1. The third-order valence-electron chi connectivity index (χ3n) is 5.00. The number of esters is 1. The van der Waals surface area contributed by atoms with E-state index in [2.05, 4.69) is 4.99 Å². The molecule has 1 aliphatic rings. The van der Waals surface area contributed by atoms with Crippen LogP contribution in [0.3, 0.4) is 0 Å². The zero-order valence-corrected chi connectivity index (χ0v) is 18.0. The monoisotopic (exact) mass is 444 g/mol. The number of hydrogen-bond donors (Lipinski definition) is 0. The van der Waals surface area contributed by atoms with E-state index in [1.54, 1.807) is 43.3 Å². The predicted molar refractivity (Wildman–Crippen MR) is 122 cm³/mol. The third kappa shape index (κ3) is 4.90. The van der Waals surface area contributed by atoms with E-state index in [1.165, 1.54) is 13.2 Å². The molecule has 0 saturated carbocycles. The highest BCUT2D eigenvalue weighted by molar-refractivity contribution is 6.13. The molecule has 3 aromatic carbocycles. The Hall–Kier alpha value is -4.46. The maximum Gasteiger partial charge on any atom is 0.363 e. The highest BCUT2D eigenvalue weighted by Gasteiger charge is 2.26. The molecule has 0 aromatic heterocycles. The number of ether oxygens (including phenoxy) is 3. The number of cyclic esters (lactones) is 1. The molecular formula is C25H20N2O6. The van der Waals surface area contributed by atoms with Crippen LogP contribution < -0.4 is 9.47 Å². The summed E-state index contributed by atoms with van der Waals surface area (Å²) in [6.07, 6.45) is 1.56. The lowest BCUT2D eigenvalue weighted by atomic mass is 10.1. The maximum absolute atomic E-state index is 12.3. The lowest BCUT2D eigenvalue weighted by Crippen LogP contribution is -2.06. The van der Waals surface area contributed by atoms with Gasteiger partial charge >= 0.3 is 5.97 Å². The average Bonchev–Trinajstić information content (AvgIpc) is 3.18. The predicted octanol–water partition coefficient (Wildman–Crippen LogP) is 4.84. The standard InChI is InChI=1S/C25H20N2O6/c1-16-8-10-19(14-21(16)27(29)30)24-26-20(25(28)33-24)12-18-9-11-22(23(13-18)31-2)32-15-17-6-4-3-5-7-17/h3-14H,15H2,1-2H3/b20-12-. The Kier molecular flexibility index (Phi) is 6.17. The number of benzene rings is 3. The summed E-state index contributed by atoms with van der Waals surface area (Å²) < 4.78 is 16.5. The van der Waals surface area contributed by atoms with Crippen molar-refractivity contribution in [3.05, 3.63) is 105 Å². The molecule has 0 bridgehead atoms. The van der Waals surface area contributed by atoms with Crippen LogP contribution in [0.4, 0.5) is 5.69 Å². The van der Waals surface area contributed by atoms with Crippen molar-refractivity contribution in [1.29, 1.82) is 0 Å². The number of carbonyl (C=O) groups is 1. The van der Waals surface area contributed by atoms with Crippen molar-refractivity contribution in [3.63, 3.8) is 0 Å². The largest absolute Gasteiger partial charge is 0.493 e. The Bertz CT molecular complexity index is 1280. The smallest absolute Gasteiger partial charge is 0.363 e. The van der Waals surface area contributed by atoms with Gasteiger partial charge < -0.3 is 14.2 Å². The zero-order chi connectivity index (χ0) is 23.4. The number of aliphatic imine (C=N–C) groups is 1. The molecule has 8 heteroatoms. The Morgan fingerprint density at radius 3 is 2.58 bits per heavy atom. The Balaban J connectivity index is 1.57. The number of aryl methyl sites for hydroxylation is 1. The second kappa shape index (κ2) is 9.35. The van der Waals surface area contributed by atoms with Gasteiger partial charge in [-0.25, -0.2) is 9.79 Å². The Morgan fingerprint density at radius 1 is 1.06 bits per heavy atom. The molecule has 3 aromatic rings. The van der Waals surface area contributed by atoms with Gasteiger partial charge in [0, 0.05) is 17.2 Å². The van der Waals surface area contributed by atoms with Gasteiger partial charge in [0.1, 0.15) is 6.61 Å². The molecule has 0 fully saturated rings. The quantitative estimate of drug-likeness (QED) is 0.224. The molecule has 0 amide bonds. The highest BCUT2D eigenvalue weighted by atomic mass is 16.6. The van der Waals surface area contributed by atoms with Gasteiger partial charge in [0.2, 0.25) is 5.90 Å². The van der Waals surface area contributed by atoms with E-state index in [4.69, 9.17) is 14.2 Å². The zero-order valence-electron chi connectivity index (χ0n) is 18.0. The fraction of sp³-hybridized carbons (Fsp3) is 0.120. The summed E-state index contributed by atoms with van der Waals surface area (Å²) in [5, 5.41) is 11.2. The average molecular weight is 444 g/mol. The van der Waals surface area contributed by atoms with Crippen LogP contribution in [0.25, 0.3) is 6.08 Å². The summed E-state index contributed by atoms with van der Waals surface area (Å²) in [5.41, 5.74) is 2.55. The second-order valence-corrected chi connectivity index (χ2v) is 7.28. The number of hydrogen-bond acceptors (Lipinski definition) is 7. The molecule has 8 nitrogen and oxygen atoms in total. The van der Waals surface area contributed by atoms with Crippen LogP contribution in [0.2, 0.25) is 0 Å². The first-order chi connectivity index (χ1) is 15.9. The molecule has 0 aliphatic carbocycles. The molecule has 0 atom stereocenters. The summed E-state index contributed by atoms with van der Waals surface area (Å²) >= 11 is 0. The molecule has 1 heterocycles. The van der Waals surface area contributed by atoms with E-state index in [0.29, 0.717) is 34.8 Å². The molecular weight excluding hydrogens is 424 g/mol. The lowest BCUT2D eigenvalue weighted by molar-refractivity contribution is -0.385. The van der Waals surface area contributed by atoms with Crippen molar-refractivity contribution in [2.45, 2.75) is 13.5 Å². The molecule has 0 unspecified atom stereocenters. The molecule has 0 spiro atoms. The van der Waals surface area contributed by atoms with Crippen molar-refractivity contribution in [3.8, 4) is 11.5 Å². The van der Waals surface area contributed by atoms with Gasteiger partial charge in [0.25, 0.3) is 5.69 Å². The molecule has 33 heavy (non-hydrogen) atoms. The molecule has 0 saturated heterocycles. The number of nitro groups is 1. The van der Waals surface area contributed by atoms with Crippen LogP contribution in [0, 0.1) is 17.0 Å². The van der Waals surface area contributed by atoms with Crippen molar-refractivity contribution < 1.29 is 23.9 Å². The van der Waals surface area contributed by atoms with E-state index in [1.807, 2.05) is 30.3 Å². The topological polar surface area (TPSA) is 100 Å². The number of nitrogens with zero attached hydrogens (tertiary/aromatic N) is 2. The Morgan fingerprint density at radius 2 is 1.85 bits per heavy atom. The van der Waals surface area contributed by atoms with Crippen LogP contribution >= 0.6 is 0 Å². The first kappa shape index (κ1) is 21.8. The van der Waals surface area contributed by atoms with Crippen molar-refractivity contribution in [2.75, 3.05) is 7.11 Å². The van der Waals surface area contributed by atoms with Crippen molar-refractivity contribution in [1.82, 2.24) is 0 Å². The van der Waals surface area contributed by atoms with Gasteiger partial charge in [-0.15, -0.1) is 0 Å². The summed E-state index contributed by atoms with van der Waals surface area (Å²) in [6, 6.07) is 19.6. The molecule has 0 radical (unpaired) electrons. The fourth-order valence-corrected chi connectivity index (χ4v) is 3.26. The van der Waals surface area contributed by atoms with Gasteiger partial charge in [-0.2, -0.15) is 0 Å². The minimum atomic E-state index is -0.642. The van der Waals surface area contributed by atoms with Gasteiger partial charge in [-0.1, -0.05) is 42.5 Å². The van der Waals surface area contributed by atoms with E-state index < -0.39 is 10.9 Å². The van der Waals surface area contributed by atoms with Crippen LogP contribution in [-0.4, -0.2) is 23.9 Å². The number of rotatable bonds is 7. The van der Waals surface area contributed by atoms with E-state index in [9.17, 15) is 14.9 Å². The van der Waals surface area contributed by atoms with Crippen LogP contribution in [0.5, 0.6) is 11.5 Å². The summed E-state index contributed by atoms with van der Waals surface area (Å²) in [7, 11) is 1.53. The molecule has 166 valence electrons. The number of methoxy groups -OCH3 is 1. The second-order valence-electron chi connectivity index (χ2n) is 7.28. The van der Waals surface area contributed by atoms with Gasteiger partial charge in [-0.3, -0.25) is 10.1 Å². The van der Waals surface area contributed by atoms with Crippen LogP contribution in [0.15, 0.2) is 77.4 Å². The van der Waals surface area contributed by atoms with Crippen LogP contribution in [-0.2, 0) is 16.1 Å². The Labute approximate surface area is 189 Å². The highest BCUT2D eigenvalue weighted by Crippen LogP contribution is 2.31. The lowest BCUT2D eigenvalue weighted by Gasteiger charge is -2.11. The minimum Gasteiger partial charge on any atom is -0.493 e. The molecule has 0 N–H and O–H groups in total. The van der Waals surface area contributed by atoms with Gasteiger partial charge in [-0.05, 0) is 42.3 Å². The van der Waals surface area contributed by atoms with Gasteiger partial charge in [0.15, 0.2) is 17.2 Å². The first-order valence-corrected chi connectivity index (χ1v) is 10.1. The van der Waals surface area contributed by atoms with E-state index >= 15 is 0 Å². The summed E-state index contributed by atoms with van der Waals surface area (Å²) in [6.45, 7) is 2.02. The number of carbonyl (C=O) groups excluding carboxylic acids is 1. The van der Waals surface area contributed by atoms with E-state index in [0.717, 1.165) is 5.56 Å². The minimum absolute atomic E-state index is 0.0177. The molecule has 4 rings (SSSR count). The number of nitro benzene ring substituents is 1. The summed E-state index contributed by atoms with van der Waals surface area (Å²) in [5.74, 6) is 0.444. The summed E-state index contributed by atoms with van der Waals surface area (Å²) in [4.78, 5) is 27.3. The van der Waals surface area contributed by atoms with E-state index in [-0.39, 0.29) is 17.3 Å². The maximum atomic E-state index is 12.3. The fourth-order valence-electron chi connectivity index (χ4n) is 3.26. The van der Waals surface area contributed by atoms with Crippen LogP contribution in [0.1, 0.15) is 22.3 Å².